The third kappa shape index (κ3) is 3.81. The first-order valence-electron chi connectivity index (χ1n) is 7.99. The summed E-state index contributed by atoms with van der Waals surface area (Å²) in [6.07, 6.45) is 0. The van der Waals surface area contributed by atoms with Crippen LogP contribution in [-0.4, -0.2) is 43.8 Å². The Morgan fingerprint density at radius 3 is 2.21 bits per heavy atom. The summed E-state index contributed by atoms with van der Waals surface area (Å²) in [6.45, 7) is 5.47. The molecule has 0 unspecified atom stereocenters. The first kappa shape index (κ1) is 17.4. The molecule has 0 atom stereocenters. The zero-order valence-electron chi connectivity index (χ0n) is 13.7. The Kier molecular flexibility index (Phi) is 5.25. The van der Waals surface area contributed by atoms with E-state index < -0.39 is 10.0 Å². The fourth-order valence-corrected chi connectivity index (χ4v) is 4.46. The molecule has 0 saturated carbocycles. The van der Waals surface area contributed by atoms with Gasteiger partial charge in [0.15, 0.2) is 0 Å². The molecule has 2 aromatic carbocycles. The topological polar surface area (TPSA) is 40.6 Å². The number of sulfonamides is 1. The van der Waals surface area contributed by atoms with Gasteiger partial charge in [-0.2, -0.15) is 4.31 Å². The molecule has 0 radical (unpaired) electrons. The van der Waals surface area contributed by atoms with Gasteiger partial charge in [0, 0.05) is 37.7 Å². The monoisotopic (exact) mass is 364 g/mol. The van der Waals surface area contributed by atoms with Crippen LogP contribution in [0.2, 0.25) is 5.02 Å². The predicted octanol–water partition coefficient (Wildman–Crippen LogP) is 3.15. The van der Waals surface area contributed by atoms with Gasteiger partial charge in [0.25, 0.3) is 0 Å². The third-order valence-electron chi connectivity index (χ3n) is 4.44. The zero-order valence-corrected chi connectivity index (χ0v) is 15.2. The van der Waals surface area contributed by atoms with Crippen LogP contribution in [-0.2, 0) is 16.6 Å². The molecule has 2 aromatic rings. The second-order valence-electron chi connectivity index (χ2n) is 6.06. The van der Waals surface area contributed by atoms with Gasteiger partial charge in [0.2, 0.25) is 10.0 Å². The van der Waals surface area contributed by atoms with Crippen molar-refractivity contribution in [2.24, 2.45) is 0 Å². The van der Waals surface area contributed by atoms with E-state index in [0.29, 0.717) is 23.0 Å². The fourth-order valence-electron chi connectivity index (χ4n) is 2.91. The Balaban J connectivity index is 1.64. The van der Waals surface area contributed by atoms with Crippen LogP contribution in [0.3, 0.4) is 0 Å². The van der Waals surface area contributed by atoms with Crippen molar-refractivity contribution in [3.8, 4) is 0 Å². The molecule has 1 heterocycles. The lowest BCUT2D eigenvalue weighted by Gasteiger charge is -2.34. The quantitative estimate of drug-likeness (QED) is 0.836. The van der Waals surface area contributed by atoms with Gasteiger partial charge >= 0.3 is 0 Å². The van der Waals surface area contributed by atoms with Gasteiger partial charge in [-0.15, -0.1) is 0 Å². The number of benzene rings is 2. The lowest BCUT2D eigenvalue weighted by Crippen LogP contribution is -2.48. The van der Waals surface area contributed by atoms with E-state index in [0.717, 1.165) is 19.6 Å². The molecule has 0 N–H and O–H groups in total. The molecule has 0 aromatic heterocycles. The number of hydrogen-bond donors (Lipinski definition) is 0. The highest BCUT2D eigenvalue weighted by molar-refractivity contribution is 7.89. The van der Waals surface area contributed by atoms with Crippen molar-refractivity contribution in [1.29, 1.82) is 0 Å². The maximum atomic E-state index is 12.7. The summed E-state index contributed by atoms with van der Waals surface area (Å²) in [5.74, 6) is 0. The third-order valence-corrected chi connectivity index (χ3v) is 6.60. The summed E-state index contributed by atoms with van der Waals surface area (Å²) in [7, 11) is -3.44. The van der Waals surface area contributed by atoms with E-state index >= 15 is 0 Å². The standard InChI is InChI=1S/C18H21ClN2O2S/c1-15-4-2-3-5-16(15)14-20-10-12-21(13-11-20)24(22,23)18-8-6-17(19)7-9-18/h2-9H,10-14H2,1H3. The average molecular weight is 365 g/mol. The molecule has 3 rings (SSSR count). The van der Waals surface area contributed by atoms with Crippen molar-refractivity contribution in [1.82, 2.24) is 9.21 Å². The van der Waals surface area contributed by atoms with E-state index in [1.807, 2.05) is 12.1 Å². The molecule has 0 spiro atoms. The Morgan fingerprint density at radius 1 is 0.958 bits per heavy atom. The second kappa shape index (κ2) is 7.23. The SMILES string of the molecule is Cc1ccccc1CN1CCN(S(=O)(=O)c2ccc(Cl)cc2)CC1. The van der Waals surface area contributed by atoms with E-state index in [1.165, 1.54) is 11.1 Å². The van der Waals surface area contributed by atoms with E-state index in [4.69, 9.17) is 11.6 Å². The minimum atomic E-state index is -3.44. The fraction of sp³-hybridized carbons (Fsp3) is 0.333. The highest BCUT2D eigenvalue weighted by Crippen LogP contribution is 2.20. The highest BCUT2D eigenvalue weighted by atomic mass is 35.5. The molecule has 1 saturated heterocycles. The molecule has 1 fully saturated rings. The normalized spacial score (nSPS) is 17.1. The molecular formula is C18H21ClN2O2S. The average Bonchev–Trinajstić information content (AvgIpc) is 2.58. The Morgan fingerprint density at radius 2 is 1.58 bits per heavy atom. The Labute approximate surface area is 148 Å². The number of halogens is 1. The van der Waals surface area contributed by atoms with Gasteiger partial charge in [-0.25, -0.2) is 8.42 Å². The number of aryl methyl sites for hydroxylation is 1. The molecule has 0 bridgehead atoms. The van der Waals surface area contributed by atoms with Crippen LogP contribution in [0.25, 0.3) is 0 Å². The van der Waals surface area contributed by atoms with Crippen LogP contribution in [0, 0.1) is 6.92 Å². The molecule has 0 aliphatic carbocycles. The van der Waals surface area contributed by atoms with Crippen LogP contribution in [0.15, 0.2) is 53.4 Å². The minimum Gasteiger partial charge on any atom is -0.296 e. The first-order valence-corrected chi connectivity index (χ1v) is 9.81. The van der Waals surface area contributed by atoms with E-state index in [2.05, 4.69) is 24.0 Å². The highest BCUT2D eigenvalue weighted by Gasteiger charge is 2.28. The van der Waals surface area contributed by atoms with Gasteiger partial charge < -0.3 is 0 Å². The molecular weight excluding hydrogens is 344 g/mol. The number of rotatable bonds is 4. The van der Waals surface area contributed by atoms with Gasteiger partial charge in [0.1, 0.15) is 0 Å². The maximum Gasteiger partial charge on any atom is 0.243 e. The minimum absolute atomic E-state index is 0.305. The van der Waals surface area contributed by atoms with E-state index in [1.54, 1.807) is 28.6 Å². The predicted molar refractivity (Wildman–Crippen MR) is 96.7 cm³/mol. The first-order chi connectivity index (χ1) is 11.5. The van der Waals surface area contributed by atoms with E-state index in [-0.39, 0.29) is 0 Å². The number of piperazine rings is 1. The zero-order chi connectivity index (χ0) is 17.2. The van der Waals surface area contributed by atoms with Crippen molar-refractivity contribution in [3.63, 3.8) is 0 Å². The molecule has 1 aliphatic rings. The van der Waals surface area contributed by atoms with Crippen molar-refractivity contribution >= 4 is 21.6 Å². The smallest absolute Gasteiger partial charge is 0.243 e. The molecule has 1 aliphatic heterocycles. The lowest BCUT2D eigenvalue weighted by atomic mass is 10.1. The van der Waals surface area contributed by atoms with Gasteiger partial charge in [-0.05, 0) is 42.3 Å². The molecule has 24 heavy (non-hydrogen) atoms. The van der Waals surface area contributed by atoms with Crippen LogP contribution < -0.4 is 0 Å². The van der Waals surface area contributed by atoms with Crippen LogP contribution in [0.5, 0.6) is 0 Å². The van der Waals surface area contributed by atoms with Gasteiger partial charge in [-0.3, -0.25) is 4.90 Å². The van der Waals surface area contributed by atoms with Crippen LogP contribution >= 0.6 is 11.6 Å². The van der Waals surface area contributed by atoms with Crippen molar-refractivity contribution in [2.75, 3.05) is 26.2 Å². The van der Waals surface area contributed by atoms with E-state index in [9.17, 15) is 8.42 Å². The summed E-state index contributed by atoms with van der Waals surface area (Å²) >= 11 is 5.84. The second-order valence-corrected chi connectivity index (χ2v) is 8.44. The number of hydrogen-bond acceptors (Lipinski definition) is 3. The molecule has 128 valence electrons. The number of nitrogens with zero attached hydrogens (tertiary/aromatic N) is 2. The summed E-state index contributed by atoms with van der Waals surface area (Å²) in [4.78, 5) is 2.61. The lowest BCUT2D eigenvalue weighted by molar-refractivity contribution is 0.181. The van der Waals surface area contributed by atoms with Crippen molar-refractivity contribution in [3.05, 3.63) is 64.7 Å². The van der Waals surface area contributed by atoms with Crippen LogP contribution in [0.1, 0.15) is 11.1 Å². The van der Waals surface area contributed by atoms with Gasteiger partial charge in [-0.1, -0.05) is 35.9 Å². The largest absolute Gasteiger partial charge is 0.296 e. The van der Waals surface area contributed by atoms with Crippen molar-refractivity contribution < 1.29 is 8.42 Å². The van der Waals surface area contributed by atoms with Gasteiger partial charge in [0.05, 0.1) is 4.90 Å². The summed E-state index contributed by atoms with van der Waals surface area (Å²) in [6, 6.07) is 14.7. The molecule has 0 amide bonds. The maximum absolute atomic E-state index is 12.7. The van der Waals surface area contributed by atoms with Crippen molar-refractivity contribution in [2.45, 2.75) is 18.4 Å². The van der Waals surface area contributed by atoms with Crippen LogP contribution in [0.4, 0.5) is 0 Å². The summed E-state index contributed by atoms with van der Waals surface area (Å²) in [5.41, 5.74) is 2.57. The molecule has 6 heteroatoms. The Hall–Kier alpha value is -1.40. The Bertz CT molecular complexity index is 798. The molecule has 4 nitrogen and oxygen atoms in total. The summed E-state index contributed by atoms with van der Waals surface area (Å²) < 4.78 is 26.9. The summed E-state index contributed by atoms with van der Waals surface area (Å²) in [5, 5.41) is 0.539.